The molecule has 5 heteroatoms. The molecule has 5 nitrogen and oxygen atoms in total. The summed E-state index contributed by atoms with van der Waals surface area (Å²) in [5, 5.41) is 3.07. The summed E-state index contributed by atoms with van der Waals surface area (Å²) < 4.78 is 16.9. The normalized spacial score (nSPS) is 18.0. The Hall–Kier alpha value is -2.69. The molecular weight excluding hydrogens is 330 g/mol. The van der Waals surface area contributed by atoms with E-state index in [4.69, 9.17) is 14.2 Å². The molecule has 0 saturated heterocycles. The third-order valence-corrected chi connectivity index (χ3v) is 5.05. The molecule has 0 radical (unpaired) electrons. The predicted octanol–water partition coefficient (Wildman–Crippen LogP) is 3.20. The van der Waals surface area contributed by atoms with Gasteiger partial charge in [0, 0.05) is 18.5 Å². The fourth-order valence-corrected chi connectivity index (χ4v) is 3.68. The molecule has 0 saturated carbocycles. The lowest BCUT2D eigenvalue weighted by Gasteiger charge is -2.16. The smallest absolute Gasteiger partial charge is 0.227 e. The van der Waals surface area contributed by atoms with Crippen LogP contribution in [-0.2, 0) is 17.8 Å². The van der Waals surface area contributed by atoms with E-state index in [9.17, 15) is 4.79 Å². The highest BCUT2D eigenvalue weighted by atomic mass is 16.5. The second-order valence-corrected chi connectivity index (χ2v) is 6.67. The van der Waals surface area contributed by atoms with Crippen LogP contribution in [0.2, 0.25) is 0 Å². The van der Waals surface area contributed by atoms with E-state index < -0.39 is 0 Å². The van der Waals surface area contributed by atoms with Crippen LogP contribution in [0.25, 0.3) is 0 Å². The number of fused-ring (bicyclic) bond motifs is 2. The van der Waals surface area contributed by atoms with Crippen LogP contribution < -0.4 is 19.5 Å². The van der Waals surface area contributed by atoms with Gasteiger partial charge in [-0.2, -0.15) is 0 Å². The van der Waals surface area contributed by atoms with Crippen molar-refractivity contribution in [3.8, 4) is 17.2 Å². The summed E-state index contributed by atoms with van der Waals surface area (Å²) >= 11 is 0. The molecule has 4 rings (SSSR count). The Kier molecular flexibility index (Phi) is 4.69. The molecule has 0 bridgehead atoms. The van der Waals surface area contributed by atoms with Gasteiger partial charge in [0.2, 0.25) is 5.91 Å². The molecule has 1 amide bonds. The number of aryl methyl sites for hydroxylation is 1. The lowest BCUT2D eigenvalue weighted by molar-refractivity contribution is -0.122. The van der Waals surface area contributed by atoms with Crippen molar-refractivity contribution in [2.75, 3.05) is 20.3 Å². The Balaban J connectivity index is 1.48. The number of carbonyl (C=O) groups is 1. The first-order valence-corrected chi connectivity index (χ1v) is 9.08. The van der Waals surface area contributed by atoms with E-state index in [1.165, 1.54) is 5.56 Å². The van der Waals surface area contributed by atoms with Crippen molar-refractivity contribution < 1.29 is 19.0 Å². The fraction of sp³-hybridized carbons (Fsp3) is 0.381. The number of benzene rings is 2. The third-order valence-electron chi connectivity index (χ3n) is 5.05. The Bertz CT molecular complexity index is 818. The maximum Gasteiger partial charge on any atom is 0.227 e. The van der Waals surface area contributed by atoms with Gasteiger partial charge in [0.1, 0.15) is 5.75 Å². The summed E-state index contributed by atoms with van der Waals surface area (Å²) in [6, 6.07) is 11.8. The second-order valence-electron chi connectivity index (χ2n) is 6.67. The van der Waals surface area contributed by atoms with Crippen LogP contribution in [0.3, 0.4) is 0 Å². The van der Waals surface area contributed by atoms with E-state index in [1.807, 2.05) is 30.3 Å². The Labute approximate surface area is 153 Å². The van der Waals surface area contributed by atoms with Gasteiger partial charge in [0.05, 0.1) is 26.2 Å². The molecule has 2 aromatic carbocycles. The summed E-state index contributed by atoms with van der Waals surface area (Å²) in [4.78, 5) is 12.8. The molecule has 2 aliphatic rings. The minimum absolute atomic E-state index is 0.0455. The zero-order valence-electron chi connectivity index (χ0n) is 14.9. The van der Waals surface area contributed by atoms with E-state index in [1.54, 1.807) is 7.11 Å². The number of methoxy groups -OCH3 is 1. The van der Waals surface area contributed by atoms with Crippen LogP contribution in [0.5, 0.6) is 17.2 Å². The standard InChI is InChI=1S/C21H23NO4/c1-24-16-8-6-14-7-9-17(18(14)12-16)21(23)22-13-15-4-2-5-19-20(15)26-11-3-10-25-19/h2,4-6,8,12,17H,3,7,9-11,13H2,1H3,(H,22,23). The van der Waals surface area contributed by atoms with Crippen molar-refractivity contribution in [1.29, 1.82) is 0 Å². The van der Waals surface area contributed by atoms with Gasteiger partial charge in [-0.15, -0.1) is 0 Å². The third kappa shape index (κ3) is 3.21. The van der Waals surface area contributed by atoms with Gasteiger partial charge in [-0.3, -0.25) is 4.79 Å². The van der Waals surface area contributed by atoms with Crippen molar-refractivity contribution >= 4 is 5.91 Å². The monoisotopic (exact) mass is 353 g/mol. The number of ether oxygens (including phenoxy) is 3. The molecule has 1 unspecified atom stereocenters. The van der Waals surface area contributed by atoms with Gasteiger partial charge in [-0.05, 0) is 42.2 Å². The number of amides is 1. The van der Waals surface area contributed by atoms with Crippen molar-refractivity contribution in [2.45, 2.75) is 31.7 Å². The Morgan fingerprint density at radius 1 is 1.23 bits per heavy atom. The lowest BCUT2D eigenvalue weighted by atomic mass is 10.00. The summed E-state index contributed by atoms with van der Waals surface area (Å²) in [5.74, 6) is 2.22. The Morgan fingerprint density at radius 2 is 2.12 bits per heavy atom. The maximum atomic E-state index is 12.8. The number of hydrogen-bond donors (Lipinski definition) is 1. The molecule has 1 aliphatic carbocycles. The lowest BCUT2D eigenvalue weighted by Crippen LogP contribution is -2.28. The molecule has 1 atom stereocenters. The summed E-state index contributed by atoms with van der Waals surface area (Å²) in [6.45, 7) is 1.72. The number of rotatable bonds is 4. The fourth-order valence-electron chi connectivity index (χ4n) is 3.68. The molecule has 136 valence electrons. The van der Waals surface area contributed by atoms with Crippen LogP contribution >= 0.6 is 0 Å². The molecule has 0 spiro atoms. The quantitative estimate of drug-likeness (QED) is 0.917. The molecule has 1 aliphatic heterocycles. The maximum absolute atomic E-state index is 12.8. The van der Waals surface area contributed by atoms with Gasteiger partial charge in [0.15, 0.2) is 11.5 Å². The largest absolute Gasteiger partial charge is 0.497 e. The first kappa shape index (κ1) is 16.8. The highest BCUT2D eigenvalue weighted by Gasteiger charge is 2.29. The van der Waals surface area contributed by atoms with Crippen molar-refractivity contribution in [2.24, 2.45) is 0 Å². The molecular formula is C21H23NO4. The summed E-state index contributed by atoms with van der Waals surface area (Å²) in [7, 11) is 1.65. The average Bonchev–Trinajstić information content (AvgIpc) is 2.94. The van der Waals surface area contributed by atoms with E-state index in [-0.39, 0.29) is 11.8 Å². The molecule has 0 fully saturated rings. The van der Waals surface area contributed by atoms with Gasteiger partial charge in [0.25, 0.3) is 0 Å². The van der Waals surface area contributed by atoms with E-state index >= 15 is 0 Å². The first-order valence-electron chi connectivity index (χ1n) is 9.08. The van der Waals surface area contributed by atoms with Crippen LogP contribution in [0.1, 0.15) is 35.4 Å². The number of carbonyl (C=O) groups excluding carboxylic acids is 1. The van der Waals surface area contributed by atoms with Gasteiger partial charge < -0.3 is 19.5 Å². The number of para-hydroxylation sites is 1. The highest BCUT2D eigenvalue weighted by molar-refractivity contribution is 5.85. The molecule has 1 heterocycles. The number of hydrogen-bond acceptors (Lipinski definition) is 4. The second kappa shape index (κ2) is 7.28. The predicted molar refractivity (Wildman–Crippen MR) is 98.0 cm³/mol. The summed E-state index contributed by atoms with van der Waals surface area (Å²) in [6.07, 6.45) is 2.62. The van der Waals surface area contributed by atoms with Crippen LogP contribution in [0, 0.1) is 0 Å². The molecule has 1 N–H and O–H groups in total. The average molecular weight is 353 g/mol. The SMILES string of the molecule is COc1ccc2c(c1)C(C(=O)NCc1cccc3c1OCCCO3)CC2. The van der Waals surface area contributed by atoms with Gasteiger partial charge in [-0.1, -0.05) is 18.2 Å². The first-order chi connectivity index (χ1) is 12.8. The van der Waals surface area contributed by atoms with Crippen molar-refractivity contribution in [3.05, 3.63) is 53.1 Å². The number of nitrogens with one attached hydrogen (secondary N) is 1. The minimum atomic E-state index is -0.125. The topological polar surface area (TPSA) is 56.8 Å². The minimum Gasteiger partial charge on any atom is -0.497 e. The van der Waals surface area contributed by atoms with Crippen molar-refractivity contribution in [1.82, 2.24) is 5.32 Å². The van der Waals surface area contributed by atoms with Crippen molar-refractivity contribution in [3.63, 3.8) is 0 Å². The Morgan fingerprint density at radius 3 is 3.00 bits per heavy atom. The van der Waals surface area contributed by atoms with Crippen LogP contribution in [0.4, 0.5) is 0 Å². The zero-order chi connectivity index (χ0) is 17.9. The molecule has 26 heavy (non-hydrogen) atoms. The summed E-state index contributed by atoms with van der Waals surface area (Å²) in [5.41, 5.74) is 3.26. The van der Waals surface area contributed by atoms with Crippen LogP contribution in [-0.4, -0.2) is 26.2 Å². The molecule has 2 aromatic rings. The van der Waals surface area contributed by atoms with E-state index in [0.717, 1.165) is 47.6 Å². The van der Waals surface area contributed by atoms with Crippen LogP contribution in [0.15, 0.2) is 36.4 Å². The molecule has 0 aromatic heterocycles. The van der Waals surface area contributed by atoms with Gasteiger partial charge in [-0.25, -0.2) is 0 Å². The highest BCUT2D eigenvalue weighted by Crippen LogP contribution is 2.36. The van der Waals surface area contributed by atoms with E-state index in [2.05, 4.69) is 11.4 Å². The van der Waals surface area contributed by atoms with E-state index in [0.29, 0.717) is 19.8 Å². The zero-order valence-corrected chi connectivity index (χ0v) is 14.9. The van der Waals surface area contributed by atoms with Gasteiger partial charge >= 0.3 is 0 Å².